The smallest absolute Gasteiger partial charge is 0.0643 e. The monoisotopic (exact) mass is 230 g/mol. The molecule has 2 heteroatoms. The quantitative estimate of drug-likeness (QED) is 0.517. The van der Waals surface area contributed by atoms with Crippen molar-refractivity contribution in [2.24, 2.45) is 0 Å². The maximum Gasteiger partial charge on any atom is 0.0643 e. The molecule has 0 saturated heterocycles. The Balaban J connectivity index is 4.42. The van der Waals surface area contributed by atoms with Gasteiger partial charge in [-0.05, 0) is 16.5 Å². The molecule has 0 aromatic carbocycles. The van der Waals surface area contributed by atoms with Crippen LogP contribution in [0.3, 0.4) is 0 Å². The van der Waals surface area contributed by atoms with Gasteiger partial charge < -0.3 is 4.74 Å². The molecule has 0 bridgehead atoms. The molecule has 0 unspecified atom stereocenters. The molecule has 0 fully saturated rings. The summed E-state index contributed by atoms with van der Waals surface area (Å²) in [6.45, 7) is 14.9. The molecule has 0 aliphatic heterocycles. The summed E-state index contributed by atoms with van der Waals surface area (Å²) >= 11 is 0. The highest BCUT2D eigenvalue weighted by Gasteiger charge is 2.32. The van der Waals surface area contributed by atoms with Gasteiger partial charge in [-0.1, -0.05) is 61.6 Å². The van der Waals surface area contributed by atoms with Gasteiger partial charge >= 0.3 is 0 Å². The van der Waals surface area contributed by atoms with Gasteiger partial charge in [0.25, 0.3) is 0 Å². The fourth-order valence-corrected chi connectivity index (χ4v) is 5.37. The van der Waals surface area contributed by atoms with Crippen molar-refractivity contribution in [1.29, 1.82) is 0 Å². The van der Waals surface area contributed by atoms with Crippen molar-refractivity contribution in [3.8, 4) is 0 Å². The molecule has 0 aromatic rings. The summed E-state index contributed by atoms with van der Waals surface area (Å²) in [7, 11) is 1.74. The van der Waals surface area contributed by atoms with Gasteiger partial charge in [-0.15, -0.1) is 0 Å². The van der Waals surface area contributed by atoms with E-state index >= 15 is 0 Å². The molecular weight excluding hydrogens is 203 g/mol. The average Bonchev–Trinajstić information content (AvgIpc) is 1.99. The van der Waals surface area contributed by atoms with Gasteiger partial charge in [0.05, 0.1) is 6.61 Å². The lowest BCUT2D eigenvalue weighted by atomic mass is 10.2. The fourth-order valence-electron chi connectivity index (χ4n) is 1.90. The number of ether oxygens (including phenoxy) is 1. The van der Waals surface area contributed by atoms with Gasteiger partial charge in [-0.2, -0.15) is 0 Å². The lowest BCUT2D eigenvalue weighted by Gasteiger charge is -2.41. The van der Waals surface area contributed by atoms with E-state index in [1.165, 1.54) is 6.16 Å². The highest BCUT2D eigenvalue weighted by Crippen LogP contribution is 2.58. The largest absolute Gasteiger partial charge is 0.381 e. The van der Waals surface area contributed by atoms with Crippen LogP contribution in [0.4, 0.5) is 0 Å². The molecule has 0 spiro atoms. The highest BCUT2D eigenvalue weighted by atomic mass is 31.1. The number of allylic oxidation sites excluding steroid dienone is 1. The zero-order valence-electron chi connectivity index (χ0n) is 11.4. The van der Waals surface area contributed by atoms with E-state index in [2.05, 4.69) is 53.7 Å². The van der Waals surface area contributed by atoms with E-state index in [1.54, 1.807) is 7.11 Å². The third-order valence-corrected chi connectivity index (χ3v) is 6.15. The van der Waals surface area contributed by atoms with Crippen LogP contribution in [0, 0.1) is 0 Å². The summed E-state index contributed by atoms with van der Waals surface area (Å²) < 4.78 is 5.02. The van der Waals surface area contributed by atoms with Crippen molar-refractivity contribution in [2.45, 2.75) is 51.9 Å². The molecule has 0 aliphatic rings. The summed E-state index contributed by atoms with van der Waals surface area (Å²) in [4.78, 5) is 0. The van der Waals surface area contributed by atoms with E-state index < -0.39 is 0 Å². The van der Waals surface area contributed by atoms with Gasteiger partial charge in [-0.25, -0.2) is 0 Å². The Hall–Kier alpha value is 0.130. The third kappa shape index (κ3) is 6.33. The first-order chi connectivity index (χ1) is 6.69. The number of methoxy groups -OCH3 is 1. The second kappa shape index (κ2) is 6.01. The van der Waals surface area contributed by atoms with Crippen LogP contribution in [0.5, 0.6) is 0 Å². The maximum absolute atomic E-state index is 5.02. The first-order valence-corrected chi connectivity index (χ1v) is 7.14. The Bertz CT molecular complexity index is 182. The van der Waals surface area contributed by atoms with Crippen LogP contribution in [0.15, 0.2) is 12.2 Å². The van der Waals surface area contributed by atoms with Crippen molar-refractivity contribution in [1.82, 2.24) is 0 Å². The van der Waals surface area contributed by atoms with Crippen LogP contribution in [-0.2, 0) is 4.74 Å². The summed E-state index contributed by atoms with van der Waals surface area (Å²) in [5.74, 6) is 0. The minimum Gasteiger partial charge on any atom is -0.381 e. The van der Waals surface area contributed by atoms with Gasteiger partial charge in [0, 0.05) is 7.11 Å². The Morgan fingerprint density at radius 3 is 1.73 bits per heavy atom. The maximum atomic E-state index is 5.02. The minimum absolute atomic E-state index is 0.00173. The molecule has 0 N–H and O–H groups in total. The zero-order chi connectivity index (χ0) is 12.1. The molecule has 0 radical (unpaired) electrons. The fraction of sp³-hybridized carbons (Fsp3) is 0.846. The lowest BCUT2D eigenvalue weighted by Crippen LogP contribution is -2.26. The van der Waals surface area contributed by atoms with Crippen LogP contribution in [0.25, 0.3) is 0 Å². The molecule has 1 nitrogen and oxygen atoms in total. The predicted molar refractivity (Wildman–Crippen MR) is 72.3 cm³/mol. The standard InChI is InChI=1S/C13H27OP/c1-12(2,3)15(13(4,5)6)11-9-8-10-14-7/h8-9H,10-11H2,1-7H3. The van der Waals surface area contributed by atoms with Gasteiger partial charge in [0.15, 0.2) is 0 Å². The Kier molecular flexibility index (Phi) is 6.06. The van der Waals surface area contributed by atoms with E-state index in [1.807, 2.05) is 0 Å². The summed E-state index contributed by atoms with van der Waals surface area (Å²) in [6.07, 6.45) is 5.62. The average molecular weight is 230 g/mol. The first kappa shape index (κ1) is 15.1. The van der Waals surface area contributed by atoms with Crippen LogP contribution >= 0.6 is 7.92 Å². The van der Waals surface area contributed by atoms with Gasteiger partial charge in [-0.3, -0.25) is 0 Å². The summed E-state index contributed by atoms with van der Waals surface area (Å²) in [6, 6.07) is 0. The lowest BCUT2D eigenvalue weighted by molar-refractivity contribution is 0.234. The van der Waals surface area contributed by atoms with Gasteiger partial charge in [0.1, 0.15) is 0 Å². The van der Waals surface area contributed by atoms with Crippen molar-refractivity contribution >= 4 is 7.92 Å². The number of hydrogen-bond acceptors (Lipinski definition) is 1. The van der Waals surface area contributed by atoms with E-state index in [0.717, 1.165) is 6.61 Å². The molecule has 0 aromatic heterocycles. The zero-order valence-corrected chi connectivity index (χ0v) is 12.3. The topological polar surface area (TPSA) is 9.23 Å². The molecule has 0 aliphatic carbocycles. The normalized spacial score (nSPS) is 14.1. The van der Waals surface area contributed by atoms with Crippen molar-refractivity contribution < 1.29 is 4.74 Å². The third-order valence-electron chi connectivity index (χ3n) is 2.34. The molecule has 90 valence electrons. The Labute approximate surface area is 97.0 Å². The molecule has 0 amide bonds. The second-order valence-corrected chi connectivity index (χ2v) is 9.78. The molecule has 0 heterocycles. The Morgan fingerprint density at radius 2 is 1.40 bits per heavy atom. The first-order valence-electron chi connectivity index (χ1n) is 5.61. The van der Waals surface area contributed by atoms with Crippen LogP contribution in [-0.4, -0.2) is 30.2 Å². The number of rotatable bonds is 4. The van der Waals surface area contributed by atoms with E-state index in [-0.39, 0.29) is 7.92 Å². The van der Waals surface area contributed by atoms with E-state index in [9.17, 15) is 0 Å². The molecule has 0 rings (SSSR count). The molecule has 0 saturated carbocycles. The highest BCUT2D eigenvalue weighted by molar-refractivity contribution is 7.61. The Morgan fingerprint density at radius 1 is 0.933 bits per heavy atom. The molecule has 0 atom stereocenters. The summed E-state index contributed by atoms with van der Waals surface area (Å²) in [5, 5.41) is 0.843. The predicted octanol–water partition coefficient (Wildman–Crippen LogP) is 4.27. The van der Waals surface area contributed by atoms with Crippen molar-refractivity contribution in [3.63, 3.8) is 0 Å². The SMILES string of the molecule is COCC=CCP(C(C)(C)C)C(C)(C)C. The van der Waals surface area contributed by atoms with Crippen molar-refractivity contribution in [3.05, 3.63) is 12.2 Å². The number of hydrogen-bond donors (Lipinski definition) is 0. The van der Waals surface area contributed by atoms with Crippen molar-refractivity contribution in [2.75, 3.05) is 19.9 Å². The summed E-state index contributed by atoms with van der Waals surface area (Å²) in [5.41, 5.74) is 0. The van der Waals surface area contributed by atoms with E-state index in [0.29, 0.717) is 10.3 Å². The van der Waals surface area contributed by atoms with Crippen LogP contribution in [0.1, 0.15) is 41.5 Å². The van der Waals surface area contributed by atoms with Crippen LogP contribution in [0.2, 0.25) is 0 Å². The van der Waals surface area contributed by atoms with Crippen LogP contribution < -0.4 is 0 Å². The second-order valence-electron chi connectivity index (χ2n) is 5.88. The molecular formula is C13H27OP. The minimum atomic E-state index is -0.00173. The van der Waals surface area contributed by atoms with E-state index in [4.69, 9.17) is 4.74 Å². The van der Waals surface area contributed by atoms with Gasteiger partial charge in [0.2, 0.25) is 0 Å². The molecule has 15 heavy (non-hydrogen) atoms.